The molecule has 0 atom stereocenters. The molecule has 1 amide bonds. The summed E-state index contributed by atoms with van der Waals surface area (Å²) in [6.07, 6.45) is -4.72. The maximum atomic E-state index is 12.6. The lowest BCUT2D eigenvalue weighted by atomic mass is 9.87. The molecule has 0 aliphatic carbocycles. The summed E-state index contributed by atoms with van der Waals surface area (Å²) >= 11 is 0. The second-order valence-corrected chi connectivity index (χ2v) is 6.68. The zero-order valence-corrected chi connectivity index (χ0v) is 13.4. The summed E-state index contributed by atoms with van der Waals surface area (Å²) in [5.41, 5.74) is 0.162. The van der Waals surface area contributed by atoms with Crippen LogP contribution in [0.2, 0.25) is 0 Å². The Morgan fingerprint density at radius 3 is 2.13 bits per heavy atom. The molecule has 3 nitrogen and oxygen atoms in total. The van der Waals surface area contributed by atoms with E-state index in [2.05, 4.69) is 6.58 Å². The number of carbonyl (C=O) groups excluding carboxylic acids is 1. The van der Waals surface area contributed by atoms with Crippen molar-refractivity contribution in [1.29, 1.82) is 0 Å². The normalized spacial score (nSPS) is 16.0. The largest absolute Gasteiger partial charge is 0.444 e. The van der Waals surface area contributed by atoms with E-state index in [1.807, 2.05) is 0 Å². The van der Waals surface area contributed by atoms with Crippen molar-refractivity contribution in [1.82, 2.24) is 4.90 Å². The van der Waals surface area contributed by atoms with E-state index < -0.39 is 17.3 Å². The van der Waals surface area contributed by atoms with Gasteiger partial charge in [0.05, 0.1) is 5.56 Å². The molecule has 0 bridgehead atoms. The van der Waals surface area contributed by atoms with Gasteiger partial charge in [-0.05, 0) is 44.0 Å². The molecule has 0 radical (unpaired) electrons. The van der Waals surface area contributed by atoms with Gasteiger partial charge in [0.25, 0.3) is 0 Å². The maximum Gasteiger partial charge on any atom is 0.416 e. The smallest absolute Gasteiger partial charge is 0.416 e. The summed E-state index contributed by atoms with van der Waals surface area (Å²) in [5.74, 6) is 0.0410. The fourth-order valence-electron chi connectivity index (χ4n) is 2.28. The zero-order valence-electron chi connectivity index (χ0n) is 13.4. The van der Waals surface area contributed by atoms with E-state index in [-0.39, 0.29) is 12.0 Å². The number of ether oxygens (including phenoxy) is 1. The Morgan fingerprint density at radius 1 is 1.17 bits per heavy atom. The van der Waals surface area contributed by atoms with Gasteiger partial charge in [0.2, 0.25) is 0 Å². The molecule has 1 fully saturated rings. The first-order chi connectivity index (χ1) is 10.5. The Kier molecular flexibility index (Phi) is 4.46. The predicted molar refractivity (Wildman–Crippen MR) is 81.8 cm³/mol. The third-order valence-corrected chi connectivity index (χ3v) is 3.61. The molecule has 1 saturated heterocycles. The van der Waals surface area contributed by atoms with Crippen molar-refractivity contribution < 1.29 is 22.7 Å². The summed E-state index contributed by atoms with van der Waals surface area (Å²) in [5, 5.41) is 0. The zero-order chi connectivity index (χ0) is 17.4. The second kappa shape index (κ2) is 5.91. The van der Waals surface area contributed by atoms with Gasteiger partial charge >= 0.3 is 12.3 Å². The van der Waals surface area contributed by atoms with Gasteiger partial charge in [-0.2, -0.15) is 13.2 Å². The molecule has 0 saturated carbocycles. The molecule has 126 valence electrons. The van der Waals surface area contributed by atoms with Gasteiger partial charge in [0.15, 0.2) is 0 Å². The molecule has 1 aliphatic rings. The van der Waals surface area contributed by atoms with Crippen LogP contribution in [0.15, 0.2) is 30.8 Å². The number of rotatable bonds is 2. The quantitative estimate of drug-likeness (QED) is 0.795. The van der Waals surface area contributed by atoms with Crippen LogP contribution in [0.4, 0.5) is 18.0 Å². The third kappa shape index (κ3) is 4.27. The van der Waals surface area contributed by atoms with Crippen LogP contribution in [0.5, 0.6) is 0 Å². The van der Waals surface area contributed by atoms with Crippen molar-refractivity contribution in [3.8, 4) is 0 Å². The fraction of sp³-hybridized carbons (Fsp3) is 0.471. The van der Waals surface area contributed by atoms with Gasteiger partial charge in [-0.15, -0.1) is 0 Å². The van der Waals surface area contributed by atoms with E-state index in [9.17, 15) is 18.0 Å². The molecular formula is C17H20F3NO2. The van der Waals surface area contributed by atoms with Crippen molar-refractivity contribution in [2.45, 2.75) is 32.5 Å². The minimum absolute atomic E-state index is 0.0410. The van der Waals surface area contributed by atoms with Crippen LogP contribution in [0.3, 0.4) is 0 Å². The van der Waals surface area contributed by atoms with E-state index in [0.717, 1.165) is 17.7 Å². The molecule has 23 heavy (non-hydrogen) atoms. The number of likely N-dealkylation sites (tertiary alicyclic amines) is 1. The van der Waals surface area contributed by atoms with Crippen LogP contribution in [0, 0.1) is 5.92 Å². The van der Waals surface area contributed by atoms with Crippen molar-refractivity contribution in [3.63, 3.8) is 0 Å². The van der Waals surface area contributed by atoms with E-state index in [1.165, 1.54) is 12.1 Å². The number of alkyl halides is 3. The lowest BCUT2D eigenvalue weighted by Gasteiger charge is -2.40. The highest BCUT2D eigenvalue weighted by molar-refractivity contribution is 5.73. The van der Waals surface area contributed by atoms with E-state index in [1.54, 1.807) is 25.7 Å². The van der Waals surface area contributed by atoms with E-state index in [0.29, 0.717) is 18.7 Å². The number of benzene rings is 1. The monoisotopic (exact) mass is 327 g/mol. The highest BCUT2D eigenvalue weighted by atomic mass is 19.4. The molecule has 0 spiro atoms. The first-order valence-electron chi connectivity index (χ1n) is 7.32. The Morgan fingerprint density at radius 2 is 1.70 bits per heavy atom. The number of hydrogen-bond acceptors (Lipinski definition) is 2. The first-order valence-corrected chi connectivity index (χ1v) is 7.32. The second-order valence-electron chi connectivity index (χ2n) is 6.68. The summed E-state index contributed by atoms with van der Waals surface area (Å²) in [4.78, 5) is 13.4. The van der Waals surface area contributed by atoms with Gasteiger partial charge in [-0.25, -0.2) is 4.79 Å². The number of hydrogen-bond donors (Lipinski definition) is 0. The topological polar surface area (TPSA) is 29.5 Å². The van der Waals surface area contributed by atoms with Crippen molar-refractivity contribution in [3.05, 3.63) is 42.0 Å². The Labute approximate surface area is 133 Å². The summed E-state index contributed by atoms with van der Waals surface area (Å²) < 4.78 is 42.9. The van der Waals surface area contributed by atoms with Crippen molar-refractivity contribution in [2.24, 2.45) is 5.92 Å². The predicted octanol–water partition coefficient (Wildman–Crippen LogP) is 4.59. The molecule has 0 aromatic heterocycles. The molecule has 1 aromatic rings. The Balaban J connectivity index is 1.93. The summed E-state index contributed by atoms with van der Waals surface area (Å²) in [7, 11) is 0. The third-order valence-electron chi connectivity index (χ3n) is 3.61. The molecule has 1 heterocycles. The van der Waals surface area contributed by atoms with Crippen LogP contribution in [-0.4, -0.2) is 29.7 Å². The Bertz CT molecular complexity index is 594. The molecule has 6 heteroatoms. The molecule has 1 aliphatic heterocycles. The SMILES string of the molecule is C=C(c1ccc(C(F)(F)F)cc1)C1CN(C(=O)OC(C)(C)C)C1. The average Bonchev–Trinajstić information content (AvgIpc) is 2.33. The fourth-order valence-corrected chi connectivity index (χ4v) is 2.28. The highest BCUT2D eigenvalue weighted by Gasteiger charge is 2.36. The Hall–Kier alpha value is -1.98. The van der Waals surface area contributed by atoms with Crippen molar-refractivity contribution in [2.75, 3.05) is 13.1 Å². The lowest BCUT2D eigenvalue weighted by molar-refractivity contribution is -0.137. The number of halogens is 3. The van der Waals surface area contributed by atoms with Gasteiger partial charge in [0, 0.05) is 19.0 Å². The average molecular weight is 327 g/mol. The van der Waals surface area contributed by atoms with E-state index >= 15 is 0 Å². The minimum Gasteiger partial charge on any atom is -0.444 e. The minimum atomic E-state index is -4.34. The van der Waals surface area contributed by atoms with Crippen LogP contribution < -0.4 is 0 Å². The van der Waals surface area contributed by atoms with Crippen LogP contribution in [0.1, 0.15) is 31.9 Å². The number of carbonyl (C=O) groups is 1. The summed E-state index contributed by atoms with van der Waals surface area (Å²) in [6, 6.07) is 4.93. The number of nitrogens with zero attached hydrogens (tertiary/aromatic N) is 1. The summed E-state index contributed by atoms with van der Waals surface area (Å²) in [6.45, 7) is 10.3. The first kappa shape index (κ1) is 17.4. The molecule has 2 rings (SSSR count). The molecule has 0 N–H and O–H groups in total. The van der Waals surface area contributed by atoms with Gasteiger partial charge in [0.1, 0.15) is 5.60 Å². The van der Waals surface area contributed by atoms with Crippen LogP contribution in [-0.2, 0) is 10.9 Å². The maximum absolute atomic E-state index is 12.6. The van der Waals surface area contributed by atoms with Crippen LogP contribution >= 0.6 is 0 Å². The lowest BCUT2D eigenvalue weighted by Crippen LogP contribution is -2.51. The molecule has 0 unspecified atom stereocenters. The standard InChI is InChI=1S/C17H20F3NO2/c1-11(12-5-7-14(8-6-12)17(18,19)20)13-9-21(10-13)15(22)23-16(2,3)4/h5-8,13H,1,9-10H2,2-4H3. The van der Waals surface area contributed by atoms with Gasteiger partial charge < -0.3 is 9.64 Å². The van der Waals surface area contributed by atoms with E-state index in [4.69, 9.17) is 4.74 Å². The van der Waals surface area contributed by atoms with Crippen molar-refractivity contribution >= 4 is 11.7 Å². The van der Waals surface area contributed by atoms with Gasteiger partial charge in [-0.1, -0.05) is 18.7 Å². The number of amides is 1. The molecular weight excluding hydrogens is 307 g/mol. The highest BCUT2D eigenvalue weighted by Crippen LogP contribution is 2.33. The van der Waals surface area contributed by atoms with Gasteiger partial charge in [-0.3, -0.25) is 0 Å². The molecule has 1 aromatic carbocycles. The van der Waals surface area contributed by atoms with Crippen LogP contribution in [0.25, 0.3) is 5.57 Å².